The highest BCUT2D eigenvalue weighted by molar-refractivity contribution is 5.87. The van der Waals surface area contributed by atoms with Gasteiger partial charge in [-0.1, -0.05) is 30.3 Å². The zero-order valence-corrected chi connectivity index (χ0v) is 16.1. The molecule has 1 aliphatic rings. The number of alkyl carbamates (subject to hydrolysis) is 1. The Bertz CT molecular complexity index is 989. The molecular formula is C21H23N3O5. The molecule has 8 nitrogen and oxygen atoms in total. The van der Waals surface area contributed by atoms with Gasteiger partial charge in [-0.25, -0.2) is 4.79 Å². The van der Waals surface area contributed by atoms with Crippen molar-refractivity contribution in [2.45, 2.75) is 32.2 Å². The SMILES string of the molecule is CC(Cn1ncc2ccc3c(c21)OC(CO)CO3)NC(=O)OCc1ccccc1. The third-order valence-electron chi connectivity index (χ3n) is 4.66. The lowest BCUT2D eigenvalue weighted by Crippen LogP contribution is -2.36. The van der Waals surface area contributed by atoms with E-state index < -0.39 is 12.2 Å². The Morgan fingerprint density at radius 3 is 2.97 bits per heavy atom. The molecule has 0 radical (unpaired) electrons. The molecule has 0 fully saturated rings. The summed E-state index contributed by atoms with van der Waals surface area (Å²) in [6.45, 7) is 2.68. The van der Waals surface area contributed by atoms with Crippen molar-refractivity contribution in [2.75, 3.05) is 13.2 Å². The normalized spacial score (nSPS) is 16.4. The number of hydrogen-bond acceptors (Lipinski definition) is 6. The number of amides is 1. The van der Waals surface area contributed by atoms with Crippen LogP contribution >= 0.6 is 0 Å². The van der Waals surface area contributed by atoms with Crippen molar-refractivity contribution in [1.82, 2.24) is 15.1 Å². The summed E-state index contributed by atoms with van der Waals surface area (Å²) in [7, 11) is 0. The fourth-order valence-electron chi connectivity index (χ4n) is 3.24. The minimum Gasteiger partial charge on any atom is -0.486 e. The van der Waals surface area contributed by atoms with E-state index in [1.807, 2.05) is 49.4 Å². The number of benzene rings is 2. The average molecular weight is 397 g/mol. The molecule has 2 N–H and O–H groups in total. The Hall–Kier alpha value is -3.26. The van der Waals surface area contributed by atoms with Crippen molar-refractivity contribution in [1.29, 1.82) is 0 Å². The lowest BCUT2D eigenvalue weighted by Gasteiger charge is -2.26. The number of nitrogens with one attached hydrogen (secondary N) is 1. The molecular weight excluding hydrogens is 374 g/mol. The molecule has 0 spiro atoms. The van der Waals surface area contributed by atoms with Crippen LogP contribution < -0.4 is 14.8 Å². The summed E-state index contributed by atoms with van der Waals surface area (Å²) in [5, 5.41) is 17.5. The van der Waals surface area contributed by atoms with E-state index >= 15 is 0 Å². The Morgan fingerprint density at radius 2 is 2.17 bits per heavy atom. The van der Waals surface area contributed by atoms with Gasteiger partial charge in [-0.15, -0.1) is 0 Å². The lowest BCUT2D eigenvalue weighted by molar-refractivity contribution is 0.0468. The predicted molar refractivity (Wildman–Crippen MR) is 106 cm³/mol. The first-order valence-corrected chi connectivity index (χ1v) is 9.50. The Kier molecular flexibility index (Phi) is 5.53. The fourth-order valence-corrected chi connectivity index (χ4v) is 3.24. The van der Waals surface area contributed by atoms with E-state index in [1.54, 1.807) is 10.9 Å². The van der Waals surface area contributed by atoms with Crippen molar-refractivity contribution in [3.05, 3.63) is 54.2 Å². The van der Waals surface area contributed by atoms with Gasteiger partial charge < -0.3 is 24.6 Å². The third kappa shape index (κ3) is 4.27. The summed E-state index contributed by atoms with van der Waals surface area (Å²) in [4.78, 5) is 12.1. The number of aromatic nitrogens is 2. The van der Waals surface area contributed by atoms with Gasteiger partial charge >= 0.3 is 6.09 Å². The topological polar surface area (TPSA) is 94.8 Å². The van der Waals surface area contributed by atoms with Crippen LogP contribution in [0.1, 0.15) is 12.5 Å². The maximum Gasteiger partial charge on any atom is 0.407 e. The van der Waals surface area contributed by atoms with Gasteiger partial charge in [0.25, 0.3) is 0 Å². The van der Waals surface area contributed by atoms with Crippen LogP contribution in [-0.2, 0) is 17.9 Å². The second-order valence-corrected chi connectivity index (χ2v) is 7.00. The van der Waals surface area contributed by atoms with E-state index in [0.29, 0.717) is 24.7 Å². The maximum atomic E-state index is 12.1. The second kappa shape index (κ2) is 8.40. The molecule has 1 amide bonds. The zero-order valence-electron chi connectivity index (χ0n) is 16.1. The predicted octanol–water partition coefficient (Wildman–Crippen LogP) is 2.48. The van der Waals surface area contributed by atoms with Crippen LogP contribution in [-0.4, -0.2) is 46.3 Å². The monoisotopic (exact) mass is 397 g/mol. The lowest BCUT2D eigenvalue weighted by atomic mass is 10.2. The van der Waals surface area contributed by atoms with E-state index in [2.05, 4.69) is 10.4 Å². The van der Waals surface area contributed by atoms with Crippen LogP contribution in [0.5, 0.6) is 11.5 Å². The van der Waals surface area contributed by atoms with Gasteiger partial charge in [0.15, 0.2) is 17.6 Å². The van der Waals surface area contributed by atoms with Gasteiger partial charge in [-0.05, 0) is 24.6 Å². The standard InChI is InChI=1S/C21H23N3O5/c1-14(23-21(26)28-12-15-5-3-2-4-6-15)10-24-19-16(9-22-24)7-8-18-20(19)29-17(11-25)13-27-18/h2-9,14,17,25H,10-13H2,1H3,(H,23,26). The van der Waals surface area contributed by atoms with E-state index in [-0.39, 0.29) is 19.3 Å². The Labute approximate surface area is 168 Å². The maximum absolute atomic E-state index is 12.1. The molecule has 0 saturated carbocycles. The molecule has 0 bridgehead atoms. The number of carbonyl (C=O) groups excluding carboxylic acids is 1. The van der Waals surface area contributed by atoms with Crippen LogP contribution in [0.2, 0.25) is 0 Å². The molecule has 4 rings (SSSR count). The van der Waals surface area contributed by atoms with Crippen molar-refractivity contribution in [3.8, 4) is 11.5 Å². The number of aliphatic hydroxyl groups is 1. The van der Waals surface area contributed by atoms with Crippen LogP contribution in [0.3, 0.4) is 0 Å². The molecule has 2 atom stereocenters. The molecule has 29 heavy (non-hydrogen) atoms. The van der Waals surface area contributed by atoms with Crippen molar-refractivity contribution >= 4 is 17.0 Å². The largest absolute Gasteiger partial charge is 0.486 e. The zero-order chi connectivity index (χ0) is 20.2. The molecule has 2 aromatic carbocycles. The molecule has 1 aromatic heterocycles. The van der Waals surface area contributed by atoms with Crippen LogP contribution in [0.4, 0.5) is 4.79 Å². The van der Waals surface area contributed by atoms with E-state index in [9.17, 15) is 9.90 Å². The van der Waals surface area contributed by atoms with Gasteiger partial charge in [0, 0.05) is 11.4 Å². The Balaban J connectivity index is 1.43. The van der Waals surface area contributed by atoms with Crippen molar-refractivity contribution < 1.29 is 24.1 Å². The molecule has 2 unspecified atom stereocenters. The summed E-state index contributed by atoms with van der Waals surface area (Å²) in [6.07, 6.45) is 0.835. The summed E-state index contributed by atoms with van der Waals surface area (Å²) < 4.78 is 18.6. The van der Waals surface area contributed by atoms with Crippen molar-refractivity contribution in [3.63, 3.8) is 0 Å². The minimum absolute atomic E-state index is 0.130. The van der Waals surface area contributed by atoms with Crippen LogP contribution in [0, 0.1) is 0 Å². The van der Waals surface area contributed by atoms with Crippen molar-refractivity contribution in [2.24, 2.45) is 0 Å². The van der Waals surface area contributed by atoms with Gasteiger partial charge in [0.1, 0.15) is 18.7 Å². The summed E-state index contributed by atoms with van der Waals surface area (Å²) in [5.41, 5.74) is 1.70. The number of ether oxygens (including phenoxy) is 3. The molecule has 0 aliphatic carbocycles. The smallest absolute Gasteiger partial charge is 0.407 e. The highest BCUT2D eigenvalue weighted by Crippen LogP contribution is 2.38. The number of rotatable bonds is 6. The van der Waals surface area contributed by atoms with E-state index in [0.717, 1.165) is 16.5 Å². The molecule has 3 aromatic rings. The van der Waals surface area contributed by atoms with Gasteiger partial charge in [0.05, 0.1) is 19.3 Å². The van der Waals surface area contributed by atoms with Crippen LogP contribution in [0.15, 0.2) is 48.7 Å². The number of nitrogens with zero attached hydrogens (tertiary/aromatic N) is 2. The second-order valence-electron chi connectivity index (χ2n) is 7.00. The highest BCUT2D eigenvalue weighted by Gasteiger charge is 2.25. The van der Waals surface area contributed by atoms with E-state index in [4.69, 9.17) is 14.2 Å². The molecule has 0 saturated heterocycles. The van der Waals surface area contributed by atoms with E-state index in [1.165, 1.54) is 0 Å². The first-order valence-electron chi connectivity index (χ1n) is 9.50. The molecule has 1 aliphatic heterocycles. The summed E-state index contributed by atoms with van der Waals surface area (Å²) in [6, 6.07) is 13.0. The number of aliphatic hydroxyl groups excluding tert-OH is 1. The fraction of sp³-hybridized carbons (Fsp3) is 0.333. The van der Waals surface area contributed by atoms with Gasteiger partial charge in [0.2, 0.25) is 0 Å². The Morgan fingerprint density at radius 1 is 1.34 bits per heavy atom. The number of carbonyl (C=O) groups is 1. The number of hydrogen-bond donors (Lipinski definition) is 2. The molecule has 2 heterocycles. The summed E-state index contributed by atoms with van der Waals surface area (Å²) >= 11 is 0. The third-order valence-corrected chi connectivity index (χ3v) is 4.66. The van der Waals surface area contributed by atoms with Gasteiger partial charge in [-0.3, -0.25) is 4.68 Å². The molecule has 152 valence electrons. The van der Waals surface area contributed by atoms with Crippen LogP contribution in [0.25, 0.3) is 10.9 Å². The first kappa shape index (κ1) is 19.1. The van der Waals surface area contributed by atoms with Gasteiger partial charge in [-0.2, -0.15) is 5.10 Å². The highest BCUT2D eigenvalue weighted by atomic mass is 16.6. The first-order chi connectivity index (χ1) is 14.1. The summed E-state index contributed by atoms with van der Waals surface area (Å²) in [5.74, 6) is 1.18. The quantitative estimate of drug-likeness (QED) is 0.664. The number of fused-ring (bicyclic) bond motifs is 3. The average Bonchev–Trinajstić information content (AvgIpc) is 3.15. The minimum atomic E-state index is -0.486. The molecule has 8 heteroatoms.